The molecule has 2 amide bonds. The van der Waals surface area contributed by atoms with Crippen LogP contribution in [0.4, 0.5) is 0 Å². The number of carbonyl (C=O) groups excluding carboxylic acids is 5. The molecule has 2 heterocycles. The van der Waals surface area contributed by atoms with E-state index in [1.54, 1.807) is 0 Å². The summed E-state index contributed by atoms with van der Waals surface area (Å²) < 4.78 is 24.6. The first-order valence-electron chi connectivity index (χ1n) is 10.6. The molecule has 2 aliphatic rings. The molecule has 12 nitrogen and oxygen atoms in total. The third kappa shape index (κ3) is 6.32. The Hall–Kier alpha value is -2.93. The van der Waals surface area contributed by atoms with Crippen LogP contribution >= 0.6 is 34.8 Å². The van der Waals surface area contributed by atoms with Crippen molar-refractivity contribution >= 4 is 70.4 Å². The lowest BCUT2D eigenvalue weighted by Gasteiger charge is -2.47. The average molecular weight is 580 g/mol. The van der Waals surface area contributed by atoms with E-state index in [-0.39, 0.29) is 11.1 Å². The van der Waals surface area contributed by atoms with Crippen LogP contribution in [-0.2, 0) is 38.1 Å². The number of hydrogen-bond donors (Lipinski definition) is 1. The molecule has 1 fully saturated rings. The fourth-order valence-corrected chi connectivity index (χ4v) is 4.05. The Morgan fingerprint density at radius 3 is 1.89 bits per heavy atom. The van der Waals surface area contributed by atoms with Crippen molar-refractivity contribution in [3.05, 3.63) is 35.4 Å². The second-order valence-corrected chi connectivity index (χ2v) is 10.2. The van der Waals surface area contributed by atoms with Gasteiger partial charge in [-0.15, -0.1) is 0 Å². The summed E-state index contributed by atoms with van der Waals surface area (Å²) in [6.45, 7) is 2.69. The molecule has 1 unspecified atom stereocenters. The van der Waals surface area contributed by atoms with Gasteiger partial charge < -0.3 is 23.7 Å². The van der Waals surface area contributed by atoms with Gasteiger partial charge in [-0.3, -0.25) is 34.3 Å². The summed E-state index contributed by atoms with van der Waals surface area (Å²) in [4.78, 5) is 62.9. The second kappa shape index (κ2) is 11.2. The summed E-state index contributed by atoms with van der Waals surface area (Å²) in [6, 6.07) is 4.26. The van der Waals surface area contributed by atoms with Crippen molar-refractivity contribution in [1.82, 2.24) is 4.90 Å². The Balaban J connectivity index is 2.14. The zero-order valence-corrected chi connectivity index (χ0v) is 21.8. The Morgan fingerprint density at radius 2 is 1.43 bits per heavy atom. The van der Waals surface area contributed by atoms with E-state index >= 15 is 0 Å². The first-order chi connectivity index (χ1) is 17.2. The summed E-state index contributed by atoms with van der Waals surface area (Å²) in [5.74, 6) is -5.01. The minimum Gasteiger partial charge on any atom is -0.463 e. The van der Waals surface area contributed by atoms with Crippen LogP contribution in [0.25, 0.3) is 0 Å². The summed E-state index contributed by atoms with van der Waals surface area (Å²) in [6.07, 6.45) is -6.23. The molecule has 37 heavy (non-hydrogen) atoms. The Bertz CT molecular complexity index is 1100. The van der Waals surface area contributed by atoms with Gasteiger partial charge in [0.25, 0.3) is 15.6 Å². The minimum absolute atomic E-state index is 0.0374. The van der Waals surface area contributed by atoms with Gasteiger partial charge in [-0.05, 0) is 12.1 Å². The van der Waals surface area contributed by atoms with Gasteiger partial charge in [0.2, 0.25) is 12.2 Å². The number of esters is 3. The van der Waals surface area contributed by atoms with Crippen LogP contribution in [-0.4, -0.2) is 81.6 Å². The Kier molecular flexibility index (Phi) is 8.68. The number of rotatable bonds is 6. The lowest BCUT2D eigenvalue weighted by Crippen LogP contribution is -2.68. The largest absolute Gasteiger partial charge is 0.463 e. The first kappa shape index (κ1) is 28.6. The number of ether oxygens (including phenoxy) is 5. The molecule has 0 radical (unpaired) electrons. The Labute approximate surface area is 225 Å². The predicted octanol–water partition coefficient (Wildman–Crippen LogP) is 2.17. The zero-order valence-electron chi connectivity index (χ0n) is 19.6. The van der Waals surface area contributed by atoms with Gasteiger partial charge in [0, 0.05) is 20.8 Å². The highest BCUT2D eigenvalue weighted by molar-refractivity contribution is 6.76. The molecule has 0 bridgehead atoms. The monoisotopic (exact) mass is 578 g/mol. The van der Waals surface area contributed by atoms with E-state index in [1.165, 1.54) is 24.3 Å². The van der Waals surface area contributed by atoms with E-state index in [2.05, 4.69) is 0 Å². The van der Waals surface area contributed by atoms with Crippen molar-refractivity contribution < 1.29 is 47.7 Å². The molecule has 0 spiro atoms. The summed E-state index contributed by atoms with van der Waals surface area (Å²) in [7, 11) is 0. The van der Waals surface area contributed by atoms with Crippen LogP contribution < -0.4 is 0 Å². The zero-order chi connectivity index (χ0) is 27.7. The normalized spacial score (nSPS) is 25.2. The van der Waals surface area contributed by atoms with Crippen LogP contribution in [0, 0.1) is 5.41 Å². The molecular weight excluding hydrogens is 559 g/mol. The highest BCUT2D eigenvalue weighted by Gasteiger charge is 2.58. The van der Waals surface area contributed by atoms with Crippen LogP contribution in [0.3, 0.4) is 0 Å². The van der Waals surface area contributed by atoms with Crippen molar-refractivity contribution in [2.75, 3.05) is 6.61 Å². The molecule has 1 saturated heterocycles. The van der Waals surface area contributed by atoms with Crippen LogP contribution in [0.1, 0.15) is 41.5 Å². The van der Waals surface area contributed by atoms with Crippen LogP contribution in [0.15, 0.2) is 24.3 Å². The number of fused-ring (bicyclic) bond motifs is 1. The quantitative estimate of drug-likeness (QED) is 0.132. The Morgan fingerprint density at radius 1 is 0.919 bits per heavy atom. The van der Waals surface area contributed by atoms with Gasteiger partial charge in [0.05, 0.1) is 11.1 Å². The van der Waals surface area contributed by atoms with Gasteiger partial charge in [0.1, 0.15) is 18.8 Å². The molecule has 1 aromatic carbocycles. The van der Waals surface area contributed by atoms with Crippen LogP contribution in [0.5, 0.6) is 0 Å². The molecule has 3 rings (SSSR count). The van der Waals surface area contributed by atoms with Crippen LogP contribution in [0.2, 0.25) is 0 Å². The number of benzene rings is 1. The smallest absolute Gasteiger partial charge is 0.303 e. The van der Waals surface area contributed by atoms with Gasteiger partial charge in [0.15, 0.2) is 12.2 Å². The van der Waals surface area contributed by atoms with Gasteiger partial charge in [-0.1, -0.05) is 46.9 Å². The molecule has 1 N–H and O–H groups in total. The van der Waals surface area contributed by atoms with Crippen molar-refractivity contribution in [1.29, 1.82) is 5.41 Å². The standard InChI is InChI=1S/C22H21Cl3N2O10/c1-9(28)33-8-14-16(34-10(2)29)17(35-11(3)30)15(20(36-14)37-21(26)22(23,24)25)27-18(31)12-6-4-5-7-13(12)19(27)32/h4-7,14-17,20,26H,8H2,1-3H3/t14-,15-,16-,17-,20?/m1/s1. The fraction of sp³-hybridized carbons (Fsp3) is 0.455. The van der Waals surface area contributed by atoms with E-state index in [4.69, 9.17) is 63.9 Å². The molecule has 0 aliphatic carbocycles. The number of halogens is 3. The maximum absolute atomic E-state index is 13.3. The third-order valence-corrected chi connectivity index (χ3v) is 5.80. The van der Waals surface area contributed by atoms with Gasteiger partial charge in [-0.2, -0.15) is 0 Å². The summed E-state index contributed by atoms with van der Waals surface area (Å²) in [5, 5.41) is 8.01. The van der Waals surface area contributed by atoms with Crippen molar-refractivity contribution in [3.8, 4) is 0 Å². The molecule has 1 aromatic rings. The molecular formula is C22H21Cl3N2O10. The van der Waals surface area contributed by atoms with Gasteiger partial charge in [-0.25, -0.2) is 0 Å². The highest BCUT2D eigenvalue weighted by Crippen LogP contribution is 2.37. The van der Waals surface area contributed by atoms with E-state index in [0.717, 1.165) is 20.8 Å². The van der Waals surface area contributed by atoms with E-state index in [0.29, 0.717) is 4.90 Å². The highest BCUT2D eigenvalue weighted by atomic mass is 35.6. The van der Waals surface area contributed by atoms with E-state index in [1.807, 2.05) is 0 Å². The van der Waals surface area contributed by atoms with Crippen molar-refractivity contribution in [2.45, 2.75) is 55.2 Å². The third-order valence-electron chi connectivity index (χ3n) is 5.28. The fourth-order valence-electron chi connectivity index (χ4n) is 3.92. The van der Waals surface area contributed by atoms with Crippen molar-refractivity contribution in [2.24, 2.45) is 0 Å². The topological polar surface area (TPSA) is 159 Å². The van der Waals surface area contributed by atoms with Crippen molar-refractivity contribution in [3.63, 3.8) is 0 Å². The number of carbonyl (C=O) groups is 5. The van der Waals surface area contributed by atoms with E-state index < -0.39 is 76.7 Å². The minimum atomic E-state index is -2.38. The SMILES string of the molecule is CC(=O)OC[C@H]1OC(OC(=N)C(Cl)(Cl)Cl)[C@H](N2C(=O)c3ccccc3C2=O)[C@@H](OC(C)=O)[C@@H]1OC(C)=O. The molecule has 2 aliphatic heterocycles. The lowest BCUT2D eigenvalue weighted by molar-refractivity contribution is -0.268. The molecule has 0 saturated carbocycles. The summed E-state index contributed by atoms with van der Waals surface area (Å²) >= 11 is 17.3. The summed E-state index contributed by atoms with van der Waals surface area (Å²) in [5.41, 5.74) is 0.0747. The first-order valence-corrected chi connectivity index (χ1v) is 11.8. The number of alkyl halides is 3. The second-order valence-electron chi connectivity index (χ2n) is 7.95. The molecule has 200 valence electrons. The maximum Gasteiger partial charge on any atom is 0.303 e. The van der Waals surface area contributed by atoms with E-state index in [9.17, 15) is 24.0 Å². The number of amides is 2. The molecule has 0 aromatic heterocycles. The maximum atomic E-state index is 13.3. The number of nitrogens with zero attached hydrogens (tertiary/aromatic N) is 1. The lowest BCUT2D eigenvalue weighted by atomic mass is 9.94. The number of nitrogens with one attached hydrogen (secondary N) is 1. The molecule has 15 heteroatoms. The van der Waals surface area contributed by atoms with Gasteiger partial charge >= 0.3 is 17.9 Å². The average Bonchev–Trinajstić information content (AvgIpc) is 3.03. The number of hydrogen-bond acceptors (Lipinski definition) is 11. The number of imide groups is 1. The predicted molar refractivity (Wildman–Crippen MR) is 126 cm³/mol. The molecule has 5 atom stereocenters.